The molecule has 1 aliphatic carbocycles. The molecule has 2 aromatic heterocycles. The lowest BCUT2D eigenvalue weighted by Crippen LogP contribution is -2.44. The summed E-state index contributed by atoms with van der Waals surface area (Å²) in [6.07, 6.45) is 6.12. The van der Waals surface area contributed by atoms with Crippen LogP contribution in [0.3, 0.4) is 0 Å². The van der Waals surface area contributed by atoms with Crippen LogP contribution in [0.15, 0.2) is 6.20 Å². The van der Waals surface area contributed by atoms with Gasteiger partial charge in [-0.25, -0.2) is 14.3 Å². The fraction of sp³-hybridized carbons (Fsp3) is 0.600. The number of aryl methyl sites for hydroxylation is 1. The van der Waals surface area contributed by atoms with Gasteiger partial charge < -0.3 is 10.6 Å². The first-order valence-electron chi connectivity index (χ1n) is 8.28. The van der Waals surface area contributed by atoms with Gasteiger partial charge in [-0.05, 0) is 26.2 Å². The highest BCUT2D eigenvalue weighted by Crippen LogP contribution is 2.35. The second kappa shape index (κ2) is 5.73. The van der Waals surface area contributed by atoms with Gasteiger partial charge in [0, 0.05) is 13.1 Å². The molecule has 1 saturated carbocycles. The highest BCUT2D eigenvalue weighted by atomic mass is 32.1. The van der Waals surface area contributed by atoms with Crippen molar-refractivity contribution in [2.24, 2.45) is 0 Å². The first-order chi connectivity index (χ1) is 11.6. The minimum atomic E-state index is -0.608. The second-order valence-corrected chi connectivity index (χ2v) is 7.43. The highest BCUT2D eigenvalue weighted by molar-refractivity contribution is 7.20. The number of carbonyl (C=O) groups excluding carboxylic acids is 2. The zero-order valence-corrected chi connectivity index (χ0v) is 14.4. The number of nitrogens with one attached hydrogen (secondary N) is 2. The van der Waals surface area contributed by atoms with Crippen LogP contribution in [-0.4, -0.2) is 50.1 Å². The number of carbonyl (C=O) groups is 2. The topological polar surface area (TPSA) is 91.6 Å². The van der Waals surface area contributed by atoms with Gasteiger partial charge in [0.1, 0.15) is 5.54 Å². The number of amides is 3. The molecule has 128 valence electrons. The van der Waals surface area contributed by atoms with Crippen LogP contribution in [0.1, 0.15) is 37.8 Å². The number of nitrogens with zero attached hydrogens (tertiary/aromatic N) is 4. The molecule has 4 rings (SSSR count). The van der Waals surface area contributed by atoms with Crippen LogP contribution in [-0.2, 0) is 4.79 Å². The van der Waals surface area contributed by atoms with Crippen molar-refractivity contribution >= 4 is 33.4 Å². The Kier molecular flexibility index (Phi) is 3.67. The summed E-state index contributed by atoms with van der Waals surface area (Å²) in [5.74, 6) is -0.0480. The Hall–Kier alpha value is -2.16. The van der Waals surface area contributed by atoms with Crippen molar-refractivity contribution < 1.29 is 9.59 Å². The molecule has 2 N–H and O–H groups in total. The molecule has 2 aliphatic rings. The predicted octanol–water partition coefficient (Wildman–Crippen LogP) is 1.77. The van der Waals surface area contributed by atoms with E-state index in [0.717, 1.165) is 41.5 Å². The zero-order chi connectivity index (χ0) is 16.7. The third kappa shape index (κ3) is 2.52. The molecule has 0 bridgehead atoms. The number of imide groups is 1. The van der Waals surface area contributed by atoms with Gasteiger partial charge in [-0.15, -0.1) is 5.10 Å². The van der Waals surface area contributed by atoms with Gasteiger partial charge in [0.05, 0.1) is 11.9 Å². The maximum absolute atomic E-state index is 12.5. The van der Waals surface area contributed by atoms with Crippen molar-refractivity contribution in [2.75, 3.05) is 18.4 Å². The summed E-state index contributed by atoms with van der Waals surface area (Å²) in [7, 11) is 0. The summed E-state index contributed by atoms with van der Waals surface area (Å²) in [4.78, 5) is 31.2. The maximum atomic E-state index is 12.5. The van der Waals surface area contributed by atoms with E-state index in [9.17, 15) is 9.59 Å². The summed E-state index contributed by atoms with van der Waals surface area (Å²) in [5, 5.41) is 11.3. The van der Waals surface area contributed by atoms with Gasteiger partial charge in [-0.2, -0.15) is 0 Å². The molecular weight excluding hydrogens is 328 g/mol. The number of rotatable bonds is 5. The molecule has 3 amide bonds. The molecule has 0 radical (unpaired) electrons. The number of aromatic nitrogens is 3. The van der Waals surface area contributed by atoms with E-state index in [2.05, 4.69) is 20.7 Å². The van der Waals surface area contributed by atoms with Crippen LogP contribution in [0.25, 0.3) is 4.96 Å². The molecule has 24 heavy (non-hydrogen) atoms. The molecule has 1 aliphatic heterocycles. The first kappa shape index (κ1) is 15.4. The van der Waals surface area contributed by atoms with Crippen molar-refractivity contribution in [3.63, 3.8) is 0 Å². The van der Waals surface area contributed by atoms with Crippen molar-refractivity contribution in [2.45, 2.75) is 44.6 Å². The summed E-state index contributed by atoms with van der Waals surface area (Å²) < 4.78 is 1.75. The average Bonchev–Trinajstić information content (AvgIpc) is 3.25. The number of urea groups is 1. The quantitative estimate of drug-likeness (QED) is 0.635. The second-order valence-electron chi connectivity index (χ2n) is 6.47. The number of hydrogen-bond donors (Lipinski definition) is 2. The van der Waals surface area contributed by atoms with Gasteiger partial charge in [0.15, 0.2) is 0 Å². The standard InChI is InChI=1S/C15H20N6O2S/c1-10-9-21-14(17-10)24-12(19-21)16-7-4-8-20-11(22)15(18-13(20)23)5-2-3-6-15/h9H,2-8H2,1H3,(H,16,19)(H,18,23). The molecule has 3 heterocycles. The van der Waals surface area contributed by atoms with Crippen LogP contribution in [0.4, 0.5) is 9.93 Å². The van der Waals surface area contributed by atoms with Gasteiger partial charge in [0.25, 0.3) is 5.91 Å². The van der Waals surface area contributed by atoms with Crippen LogP contribution < -0.4 is 10.6 Å². The zero-order valence-electron chi connectivity index (χ0n) is 13.5. The van der Waals surface area contributed by atoms with Gasteiger partial charge in [-0.1, -0.05) is 24.2 Å². The molecule has 1 saturated heterocycles. The Morgan fingerprint density at radius 3 is 2.92 bits per heavy atom. The fourth-order valence-electron chi connectivity index (χ4n) is 3.51. The van der Waals surface area contributed by atoms with Crippen LogP contribution >= 0.6 is 11.3 Å². The monoisotopic (exact) mass is 348 g/mol. The first-order valence-corrected chi connectivity index (χ1v) is 9.10. The number of hydrogen-bond acceptors (Lipinski definition) is 6. The van der Waals surface area contributed by atoms with E-state index in [1.807, 2.05) is 13.1 Å². The Bertz CT molecular complexity index is 760. The Morgan fingerprint density at radius 1 is 1.38 bits per heavy atom. The average molecular weight is 348 g/mol. The van der Waals surface area contributed by atoms with E-state index in [1.165, 1.54) is 16.2 Å². The summed E-state index contributed by atoms with van der Waals surface area (Å²) in [6, 6.07) is -0.245. The molecule has 0 aromatic carbocycles. The minimum absolute atomic E-state index is 0.0480. The Labute approximate surface area is 143 Å². The van der Waals surface area contributed by atoms with E-state index in [-0.39, 0.29) is 11.9 Å². The lowest BCUT2D eigenvalue weighted by atomic mass is 9.98. The van der Waals surface area contributed by atoms with Crippen molar-refractivity contribution in [1.82, 2.24) is 24.8 Å². The molecule has 2 aromatic rings. The van der Waals surface area contributed by atoms with E-state index >= 15 is 0 Å². The van der Waals surface area contributed by atoms with E-state index in [4.69, 9.17) is 0 Å². The van der Waals surface area contributed by atoms with Crippen LogP contribution in [0.5, 0.6) is 0 Å². The summed E-state index contributed by atoms with van der Waals surface area (Å²) in [6.45, 7) is 3.02. The molecule has 9 heteroatoms. The summed E-state index contributed by atoms with van der Waals surface area (Å²) >= 11 is 1.49. The lowest BCUT2D eigenvalue weighted by Gasteiger charge is -2.19. The van der Waals surface area contributed by atoms with Gasteiger partial charge >= 0.3 is 6.03 Å². The molecule has 1 spiro atoms. The predicted molar refractivity (Wildman–Crippen MR) is 90.2 cm³/mol. The Morgan fingerprint density at radius 2 is 2.17 bits per heavy atom. The molecule has 0 atom stereocenters. The van der Waals surface area contributed by atoms with Crippen LogP contribution in [0, 0.1) is 6.92 Å². The number of fused-ring (bicyclic) bond motifs is 1. The third-order valence-corrected chi connectivity index (χ3v) is 5.58. The van der Waals surface area contributed by atoms with E-state index in [1.54, 1.807) is 4.52 Å². The van der Waals surface area contributed by atoms with Crippen molar-refractivity contribution in [1.29, 1.82) is 0 Å². The van der Waals surface area contributed by atoms with E-state index in [0.29, 0.717) is 19.5 Å². The molecule has 2 fully saturated rings. The highest BCUT2D eigenvalue weighted by Gasteiger charge is 2.51. The molecular formula is C15H20N6O2S. The van der Waals surface area contributed by atoms with Crippen LogP contribution in [0.2, 0.25) is 0 Å². The van der Waals surface area contributed by atoms with Crippen molar-refractivity contribution in [3.05, 3.63) is 11.9 Å². The molecule has 8 nitrogen and oxygen atoms in total. The maximum Gasteiger partial charge on any atom is 0.325 e. The SMILES string of the molecule is Cc1cn2nc(NCCCN3C(=O)NC4(CCCC4)C3=O)sc2n1. The fourth-order valence-corrected chi connectivity index (χ4v) is 4.36. The lowest BCUT2D eigenvalue weighted by molar-refractivity contribution is -0.131. The van der Waals surface area contributed by atoms with Gasteiger partial charge in [0.2, 0.25) is 10.1 Å². The molecule has 0 unspecified atom stereocenters. The van der Waals surface area contributed by atoms with Crippen molar-refractivity contribution in [3.8, 4) is 0 Å². The number of imidazole rings is 1. The Balaban J connectivity index is 1.30. The largest absolute Gasteiger partial charge is 0.360 e. The third-order valence-electron chi connectivity index (χ3n) is 4.70. The number of anilines is 1. The summed E-state index contributed by atoms with van der Waals surface area (Å²) in [5.41, 5.74) is 0.336. The normalized spacial score (nSPS) is 19.6. The van der Waals surface area contributed by atoms with Gasteiger partial charge in [-0.3, -0.25) is 9.69 Å². The minimum Gasteiger partial charge on any atom is -0.360 e. The van der Waals surface area contributed by atoms with E-state index < -0.39 is 5.54 Å². The smallest absolute Gasteiger partial charge is 0.325 e.